The molecule has 162 valence electrons. The lowest BCUT2D eigenvalue weighted by atomic mass is 10.0. The standard InChI is InChI=1S/C22H26N6O3/c1-12-18(13(2)28(4)26-12)21(30)24-17-11-15(20(29)23-3)10-16(17)22-25-19(27-31-22)14-8-6-5-7-9-14/h5-9,15-17H,10-11H2,1-4H3,(H,23,29)(H,24,30). The Labute approximate surface area is 180 Å². The number of aromatic nitrogens is 4. The molecular weight excluding hydrogens is 396 g/mol. The van der Waals surface area contributed by atoms with Crippen LogP contribution in [0, 0.1) is 19.8 Å². The Morgan fingerprint density at radius 3 is 2.55 bits per heavy atom. The number of hydrogen-bond acceptors (Lipinski definition) is 6. The first-order chi connectivity index (χ1) is 14.9. The monoisotopic (exact) mass is 422 g/mol. The van der Waals surface area contributed by atoms with Gasteiger partial charge in [-0.05, 0) is 26.7 Å². The smallest absolute Gasteiger partial charge is 0.255 e. The molecule has 0 saturated heterocycles. The molecule has 31 heavy (non-hydrogen) atoms. The van der Waals surface area contributed by atoms with E-state index in [-0.39, 0.29) is 29.7 Å². The van der Waals surface area contributed by atoms with Gasteiger partial charge in [0.1, 0.15) is 0 Å². The van der Waals surface area contributed by atoms with Gasteiger partial charge in [0, 0.05) is 37.3 Å². The second-order valence-electron chi connectivity index (χ2n) is 7.96. The van der Waals surface area contributed by atoms with E-state index in [1.165, 1.54) is 0 Å². The summed E-state index contributed by atoms with van der Waals surface area (Å²) in [7, 11) is 3.43. The quantitative estimate of drug-likeness (QED) is 0.651. The number of nitrogens with zero attached hydrogens (tertiary/aromatic N) is 4. The fourth-order valence-electron chi connectivity index (χ4n) is 4.32. The zero-order valence-corrected chi connectivity index (χ0v) is 18.0. The van der Waals surface area contributed by atoms with Gasteiger partial charge in [-0.15, -0.1) is 0 Å². The summed E-state index contributed by atoms with van der Waals surface area (Å²) in [6, 6.07) is 9.24. The highest BCUT2D eigenvalue weighted by Gasteiger charge is 2.42. The van der Waals surface area contributed by atoms with Crippen molar-refractivity contribution >= 4 is 11.8 Å². The van der Waals surface area contributed by atoms with E-state index in [2.05, 4.69) is 25.9 Å². The molecule has 9 nitrogen and oxygen atoms in total. The maximum absolute atomic E-state index is 13.1. The maximum Gasteiger partial charge on any atom is 0.255 e. The molecule has 3 aromatic rings. The fourth-order valence-corrected chi connectivity index (χ4v) is 4.32. The van der Waals surface area contributed by atoms with Crippen molar-refractivity contribution in [2.75, 3.05) is 7.05 Å². The van der Waals surface area contributed by atoms with Gasteiger partial charge in [0.25, 0.3) is 5.91 Å². The number of nitrogens with one attached hydrogen (secondary N) is 2. The molecule has 4 rings (SSSR count). The van der Waals surface area contributed by atoms with Crippen LogP contribution in [0.4, 0.5) is 0 Å². The van der Waals surface area contributed by atoms with E-state index < -0.39 is 0 Å². The van der Waals surface area contributed by atoms with Crippen LogP contribution in [0.1, 0.15) is 46.4 Å². The van der Waals surface area contributed by atoms with Crippen molar-refractivity contribution in [3.05, 3.63) is 53.2 Å². The van der Waals surface area contributed by atoms with Gasteiger partial charge in [-0.1, -0.05) is 35.5 Å². The topological polar surface area (TPSA) is 115 Å². The summed E-state index contributed by atoms with van der Waals surface area (Å²) in [6.45, 7) is 3.67. The van der Waals surface area contributed by atoms with E-state index in [9.17, 15) is 9.59 Å². The number of benzene rings is 1. The molecule has 1 aromatic carbocycles. The summed E-state index contributed by atoms with van der Waals surface area (Å²) in [6.07, 6.45) is 1.02. The van der Waals surface area contributed by atoms with Gasteiger partial charge >= 0.3 is 0 Å². The molecule has 0 bridgehead atoms. The third-order valence-electron chi connectivity index (χ3n) is 6.02. The zero-order valence-electron chi connectivity index (χ0n) is 18.0. The molecule has 2 amide bonds. The number of carbonyl (C=O) groups excluding carboxylic acids is 2. The lowest BCUT2D eigenvalue weighted by Crippen LogP contribution is -2.37. The van der Waals surface area contributed by atoms with E-state index in [1.54, 1.807) is 11.7 Å². The van der Waals surface area contributed by atoms with Crippen LogP contribution in [0.15, 0.2) is 34.9 Å². The van der Waals surface area contributed by atoms with Crippen LogP contribution in [0.2, 0.25) is 0 Å². The summed E-state index contributed by atoms with van der Waals surface area (Å²) >= 11 is 0. The van der Waals surface area contributed by atoms with Crippen molar-refractivity contribution in [2.45, 2.75) is 38.6 Å². The predicted molar refractivity (Wildman–Crippen MR) is 113 cm³/mol. The molecular formula is C22H26N6O3. The van der Waals surface area contributed by atoms with Crippen LogP contribution in [-0.2, 0) is 11.8 Å². The molecule has 1 aliphatic carbocycles. The van der Waals surface area contributed by atoms with Gasteiger partial charge < -0.3 is 15.2 Å². The number of aryl methyl sites for hydroxylation is 2. The largest absolute Gasteiger partial charge is 0.359 e. The van der Waals surface area contributed by atoms with Gasteiger partial charge in [0.15, 0.2) is 0 Å². The summed E-state index contributed by atoms with van der Waals surface area (Å²) < 4.78 is 7.26. The van der Waals surface area contributed by atoms with Crippen molar-refractivity contribution in [1.82, 2.24) is 30.6 Å². The molecule has 1 aliphatic rings. The van der Waals surface area contributed by atoms with Crippen molar-refractivity contribution in [3.63, 3.8) is 0 Å². The molecule has 9 heteroatoms. The summed E-state index contributed by atoms with van der Waals surface area (Å²) in [5, 5.41) is 14.2. The number of hydrogen-bond donors (Lipinski definition) is 2. The third kappa shape index (κ3) is 3.95. The molecule has 3 atom stereocenters. The summed E-state index contributed by atoms with van der Waals surface area (Å²) in [4.78, 5) is 30.0. The van der Waals surface area contributed by atoms with Crippen LogP contribution >= 0.6 is 0 Å². The lowest BCUT2D eigenvalue weighted by molar-refractivity contribution is -0.124. The molecule has 1 fully saturated rings. The number of rotatable bonds is 5. The number of amides is 2. The molecule has 0 spiro atoms. The Kier molecular flexibility index (Phi) is 5.58. The van der Waals surface area contributed by atoms with Crippen molar-refractivity contribution in [3.8, 4) is 11.4 Å². The van der Waals surface area contributed by atoms with Crippen LogP contribution < -0.4 is 10.6 Å². The molecule has 0 radical (unpaired) electrons. The van der Waals surface area contributed by atoms with Gasteiger partial charge in [-0.25, -0.2) is 0 Å². The average Bonchev–Trinajstić information content (AvgIpc) is 3.46. The average molecular weight is 422 g/mol. The Balaban J connectivity index is 1.61. The second kappa shape index (κ2) is 8.33. The summed E-state index contributed by atoms with van der Waals surface area (Å²) in [5.74, 6) is 0.145. The minimum Gasteiger partial charge on any atom is -0.359 e. The van der Waals surface area contributed by atoms with E-state index in [1.807, 2.05) is 51.2 Å². The highest BCUT2D eigenvalue weighted by atomic mass is 16.5. The van der Waals surface area contributed by atoms with Gasteiger partial charge in [0.2, 0.25) is 17.6 Å². The zero-order chi connectivity index (χ0) is 22.1. The first kappa shape index (κ1) is 20.8. The second-order valence-corrected chi connectivity index (χ2v) is 7.96. The van der Waals surface area contributed by atoms with Crippen LogP contribution in [0.25, 0.3) is 11.4 Å². The van der Waals surface area contributed by atoms with E-state index in [4.69, 9.17) is 4.52 Å². The SMILES string of the molecule is CNC(=O)C1CC(NC(=O)c2c(C)nn(C)c2C)C(c2nc(-c3ccccc3)no2)C1. The molecule has 3 unspecified atom stereocenters. The van der Waals surface area contributed by atoms with Crippen LogP contribution in [0.3, 0.4) is 0 Å². The molecule has 2 heterocycles. The molecule has 1 saturated carbocycles. The van der Waals surface area contributed by atoms with Crippen molar-refractivity contribution in [1.29, 1.82) is 0 Å². The first-order valence-corrected chi connectivity index (χ1v) is 10.3. The molecule has 2 aromatic heterocycles. The molecule has 2 N–H and O–H groups in total. The normalized spacial score (nSPS) is 20.6. The summed E-state index contributed by atoms with van der Waals surface area (Å²) in [5.41, 5.74) is 2.86. The molecule has 0 aliphatic heterocycles. The van der Waals surface area contributed by atoms with Crippen molar-refractivity contribution in [2.24, 2.45) is 13.0 Å². The van der Waals surface area contributed by atoms with E-state index in [0.29, 0.717) is 35.8 Å². The van der Waals surface area contributed by atoms with Gasteiger partial charge in [0.05, 0.1) is 17.2 Å². The maximum atomic E-state index is 13.1. The lowest BCUT2D eigenvalue weighted by Gasteiger charge is -2.18. The first-order valence-electron chi connectivity index (χ1n) is 10.3. The minimum atomic E-state index is -0.308. The van der Waals surface area contributed by atoms with Crippen LogP contribution in [0.5, 0.6) is 0 Å². The highest BCUT2D eigenvalue weighted by Crippen LogP contribution is 2.39. The van der Waals surface area contributed by atoms with E-state index >= 15 is 0 Å². The Bertz CT molecular complexity index is 1100. The number of carbonyl (C=O) groups is 2. The predicted octanol–water partition coefficient (Wildman–Crippen LogP) is 2.13. The van der Waals surface area contributed by atoms with Gasteiger partial charge in [-0.3, -0.25) is 14.3 Å². The van der Waals surface area contributed by atoms with Gasteiger partial charge in [-0.2, -0.15) is 10.1 Å². The van der Waals surface area contributed by atoms with Crippen molar-refractivity contribution < 1.29 is 14.1 Å². The Morgan fingerprint density at radius 2 is 1.90 bits per heavy atom. The highest BCUT2D eigenvalue weighted by molar-refractivity contribution is 5.96. The third-order valence-corrected chi connectivity index (χ3v) is 6.02. The minimum absolute atomic E-state index is 0.0571. The van der Waals surface area contributed by atoms with E-state index in [0.717, 1.165) is 11.3 Å². The Morgan fingerprint density at radius 1 is 1.16 bits per heavy atom. The van der Waals surface area contributed by atoms with Crippen LogP contribution in [-0.4, -0.2) is 44.8 Å². The Hall–Kier alpha value is -3.49. The fraction of sp³-hybridized carbons (Fsp3) is 0.409.